The van der Waals surface area contributed by atoms with E-state index < -0.39 is 0 Å². The second-order valence-electron chi connectivity index (χ2n) is 6.97. The maximum absolute atomic E-state index is 12.7. The summed E-state index contributed by atoms with van der Waals surface area (Å²) in [5.41, 5.74) is 1.02. The maximum Gasteiger partial charge on any atom is 0.323 e. The van der Waals surface area contributed by atoms with Crippen molar-refractivity contribution in [2.75, 3.05) is 11.9 Å². The molecule has 134 valence electrons. The lowest BCUT2D eigenvalue weighted by atomic mass is 10.1. The average Bonchev–Trinajstić information content (AvgIpc) is 2.96. The molecule has 0 saturated carbocycles. The second-order valence-corrected chi connectivity index (χ2v) is 6.97. The van der Waals surface area contributed by atoms with Crippen LogP contribution in [0.5, 0.6) is 5.75 Å². The van der Waals surface area contributed by atoms with Crippen LogP contribution < -0.4 is 10.1 Å². The van der Waals surface area contributed by atoms with Crippen molar-refractivity contribution in [1.82, 2.24) is 14.7 Å². The number of anilines is 1. The van der Waals surface area contributed by atoms with E-state index in [4.69, 9.17) is 4.74 Å². The van der Waals surface area contributed by atoms with Crippen LogP contribution in [0.1, 0.15) is 32.8 Å². The Morgan fingerprint density at radius 3 is 2.96 bits per heavy atom. The van der Waals surface area contributed by atoms with Crippen molar-refractivity contribution >= 4 is 11.8 Å². The predicted octanol–water partition coefficient (Wildman–Crippen LogP) is 3.74. The summed E-state index contributed by atoms with van der Waals surface area (Å²) >= 11 is 0. The standard InChI is InChI=1S/C19H26N4O2/c1-14(2)8-10-22-11-9-18(21-22)20-19(24)23-12-16-6-4-5-7-17(16)25-13-15(23)3/h4-7,9,11,14-15H,8,10,12-13H2,1-3H3,(H,20,21,24). The van der Waals surface area contributed by atoms with Gasteiger partial charge >= 0.3 is 6.03 Å². The number of rotatable bonds is 4. The molecule has 1 atom stereocenters. The minimum absolute atomic E-state index is 0.0181. The van der Waals surface area contributed by atoms with Crippen LogP contribution >= 0.6 is 0 Å². The van der Waals surface area contributed by atoms with Gasteiger partial charge in [-0.15, -0.1) is 0 Å². The van der Waals surface area contributed by atoms with E-state index in [2.05, 4.69) is 24.3 Å². The second kappa shape index (κ2) is 7.59. The van der Waals surface area contributed by atoms with E-state index in [0.29, 0.717) is 24.9 Å². The van der Waals surface area contributed by atoms with Crippen LogP contribution in [-0.4, -0.2) is 33.4 Å². The summed E-state index contributed by atoms with van der Waals surface area (Å²) in [5.74, 6) is 2.06. The molecular formula is C19H26N4O2. The van der Waals surface area contributed by atoms with E-state index in [1.807, 2.05) is 48.1 Å². The number of para-hydroxylation sites is 1. The van der Waals surface area contributed by atoms with E-state index >= 15 is 0 Å². The summed E-state index contributed by atoms with van der Waals surface area (Å²) in [6.45, 7) is 8.23. The molecule has 1 unspecified atom stereocenters. The lowest BCUT2D eigenvalue weighted by Gasteiger charge is -2.26. The van der Waals surface area contributed by atoms with Crippen LogP contribution in [0.15, 0.2) is 36.5 Å². The Labute approximate surface area is 148 Å². The number of urea groups is 1. The third-order valence-electron chi connectivity index (χ3n) is 4.40. The number of carbonyl (C=O) groups excluding carboxylic acids is 1. The molecule has 6 heteroatoms. The average molecular weight is 342 g/mol. The van der Waals surface area contributed by atoms with Crippen LogP contribution in [0, 0.1) is 5.92 Å². The number of hydrogen-bond donors (Lipinski definition) is 1. The number of fused-ring (bicyclic) bond motifs is 1. The molecule has 2 amide bonds. The highest BCUT2D eigenvalue weighted by molar-refractivity contribution is 5.88. The number of benzene rings is 1. The first kappa shape index (κ1) is 17.3. The highest BCUT2D eigenvalue weighted by Crippen LogP contribution is 2.25. The van der Waals surface area contributed by atoms with Crippen molar-refractivity contribution in [2.24, 2.45) is 5.92 Å². The van der Waals surface area contributed by atoms with E-state index in [1.165, 1.54) is 0 Å². The molecule has 0 fully saturated rings. The third-order valence-corrected chi connectivity index (χ3v) is 4.40. The Balaban J connectivity index is 1.66. The molecule has 6 nitrogen and oxygen atoms in total. The van der Waals surface area contributed by atoms with Gasteiger partial charge in [-0.25, -0.2) is 4.79 Å². The predicted molar refractivity (Wildman–Crippen MR) is 97.6 cm³/mol. The number of aromatic nitrogens is 2. The van der Waals surface area contributed by atoms with Crippen LogP contribution in [0.3, 0.4) is 0 Å². The highest BCUT2D eigenvalue weighted by atomic mass is 16.5. The van der Waals surface area contributed by atoms with Gasteiger partial charge in [0, 0.05) is 24.4 Å². The molecule has 3 rings (SSSR count). The molecule has 1 N–H and O–H groups in total. The number of aryl methyl sites for hydroxylation is 1. The monoisotopic (exact) mass is 342 g/mol. The Bertz CT molecular complexity index is 726. The third kappa shape index (κ3) is 4.32. The molecule has 1 aliphatic heterocycles. The Hall–Kier alpha value is -2.50. The Morgan fingerprint density at radius 2 is 2.16 bits per heavy atom. The normalized spacial score (nSPS) is 17.0. The van der Waals surface area contributed by atoms with Crippen LogP contribution in [0.2, 0.25) is 0 Å². The molecule has 0 bridgehead atoms. The number of hydrogen-bond acceptors (Lipinski definition) is 3. The van der Waals surface area contributed by atoms with E-state index in [1.54, 1.807) is 4.90 Å². The summed E-state index contributed by atoms with van der Waals surface area (Å²) in [5, 5.41) is 7.34. The SMILES string of the molecule is CC(C)CCn1ccc(NC(=O)N2Cc3ccccc3OCC2C)n1. The van der Waals surface area contributed by atoms with E-state index in [0.717, 1.165) is 24.3 Å². The molecule has 0 spiro atoms. The lowest BCUT2D eigenvalue weighted by molar-refractivity contribution is 0.167. The first-order valence-corrected chi connectivity index (χ1v) is 8.84. The molecule has 2 aromatic rings. The zero-order chi connectivity index (χ0) is 17.8. The fourth-order valence-electron chi connectivity index (χ4n) is 2.81. The van der Waals surface area contributed by atoms with Gasteiger partial charge in [-0.3, -0.25) is 10.00 Å². The molecule has 1 aromatic heterocycles. The highest BCUT2D eigenvalue weighted by Gasteiger charge is 2.26. The van der Waals surface area contributed by atoms with Gasteiger partial charge in [0.15, 0.2) is 5.82 Å². The molecule has 0 saturated heterocycles. The number of nitrogens with zero attached hydrogens (tertiary/aromatic N) is 3. The quantitative estimate of drug-likeness (QED) is 0.921. The minimum atomic E-state index is -0.151. The molecule has 0 radical (unpaired) electrons. The van der Waals surface area contributed by atoms with Crippen LogP contribution in [-0.2, 0) is 13.1 Å². The van der Waals surface area contributed by atoms with Crippen molar-refractivity contribution in [3.05, 3.63) is 42.1 Å². The number of amides is 2. The van der Waals surface area contributed by atoms with Crippen LogP contribution in [0.25, 0.3) is 0 Å². The van der Waals surface area contributed by atoms with Gasteiger partial charge in [0.1, 0.15) is 12.4 Å². The zero-order valence-electron chi connectivity index (χ0n) is 15.1. The number of carbonyl (C=O) groups is 1. The summed E-state index contributed by atoms with van der Waals surface area (Å²) in [7, 11) is 0. The molecule has 1 aliphatic rings. The van der Waals surface area contributed by atoms with Gasteiger partial charge in [0.2, 0.25) is 0 Å². The van der Waals surface area contributed by atoms with Gasteiger partial charge in [-0.05, 0) is 25.3 Å². The van der Waals surface area contributed by atoms with Crippen molar-refractivity contribution < 1.29 is 9.53 Å². The van der Waals surface area contributed by atoms with Gasteiger partial charge in [0.25, 0.3) is 0 Å². The smallest absolute Gasteiger partial charge is 0.323 e. The van der Waals surface area contributed by atoms with Crippen molar-refractivity contribution in [2.45, 2.75) is 46.3 Å². The Morgan fingerprint density at radius 1 is 1.36 bits per heavy atom. The summed E-state index contributed by atoms with van der Waals surface area (Å²) < 4.78 is 7.68. The van der Waals surface area contributed by atoms with Crippen molar-refractivity contribution in [3.8, 4) is 5.75 Å². The maximum atomic E-state index is 12.7. The van der Waals surface area contributed by atoms with Crippen LogP contribution in [0.4, 0.5) is 10.6 Å². The lowest BCUT2D eigenvalue weighted by Crippen LogP contribution is -2.42. The van der Waals surface area contributed by atoms with Crippen molar-refractivity contribution in [1.29, 1.82) is 0 Å². The number of nitrogens with one attached hydrogen (secondary N) is 1. The summed E-state index contributed by atoms with van der Waals surface area (Å²) in [4.78, 5) is 14.5. The van der Waals surface area contributed by atoms with Crippen molar-refractivity contribution in [3.63, 3.8) is 0 Å². The Kier molecular flexibility index (Phi) is 5.26. The zero-order valence-corrected chi connectivity index (χ0v) is 15.1. The fourth-order valence-corrected chi connectivity index (χ4v) is 2.81. The molecular weight excluding hydrogens is 316 g/mol. The van der Waals surface area contributed by atoms with Gasteiger partial charge in [0.05, 0.1) is 12.6 Å². The van der Waals surface area contributed by atoms with E-state index in [-0.39, 0.29) is 12.1 Å². The molecule has 2 heterocycles. The first-order valence-electron chi connectivity index (χ1n) is 8.84. The first-order chi connectivity index (χ1) is 12.0. The van der Waals surface area contributed by atoms with Gasteiger partial charge in [-0.1, -0.05) is 32.0 Å². The van der Waals surface area contributed by atoms with Gasteiger partial charge in [-0.2, -0.15) is 5.10 Å². The largest absolute Gasteiger partial charge is 0.491 e. The fraction of sp³-hybridized carbons (Fsp3) is 0.474. The topological polar surface area (TPSA) is 59.4 Å². The summed E-state index contributed by atoms with van der Waals surface area (Å²) in [6, 6.07) is 9.52. The summed E-state index contributed by atoms with van der Waals surface area (Å²) in [6.07, 6.45) is 2.97. The van der Waals surface area contributed by atoms with E-state index in [9.17, 15) is 4.79 Å². The molecule has 0 aliphatic carbocycles. The van der Waals surface area contributed by atoms with Gasteiger partial charge < -0.3 is 9.64 Å². The molecule has 1 aromatic carbocycles. The molecule has 25 heavy (non-hydrogen) atoms. The minimum Gasteiger partial charge on any atom is -0.491 e. The number of ether oxygens (including phenoxy) is 1.